The van der Waals surface area contributed by atoms with Gasteiger partial charge in [-0.1, -0.05) is 30.3 Å². The van der Waals surface area contributed by atoms with Crippen LogP contribution in [0.25, 0.3) is 0 Å². The molecule has 2 rings (SSSR count). The van der Waals surface area contributed by atoms with Crippen molar-refractivity contribution in [1.29, 1.82) is 0 Å². The standard InChI is InChI=1S/C14H15N3O4/c18-7-6-17(9-10-4-2-1-3-5-10)13(20)11-8-15-14(21)16-12(11)19/h1-5,8,18H,6-7,9H2,(H2,15,16,19,21). The van der Waals surface area contributed by atoms with E-state index in [-0.39, 0.29) is 25.3 Å². The molecule has 1 aromatic heterocycles. The Labute approximate surface area is 119 Å². The van der Waals surface area contributed by atoms with Gasteiger partial charge < -0.3 is 15.0 Å². The van der Waals surface area contributed by atoms with Gasteiger partial charge in [-0.15, -0.1) is 0 Å². The molecule has 0 bridgehead atoms. The predicted molar refractivity (Wildman–Crippen MR) is 76.0 cm³/mol. The Morgan fingerprint density at radius 3 is 2.52 bits per heavy atom. The molecular weight excluding hydrogens is 274 g/mol. The van der Waals surface area contributed by atoms with Gasteiger partial charge in [-0.2, -0.15) is 0 Å². The summed E-state index contributed by atoms with van der Waals surface area (Å²) in [5, 5.41) is 9.09. The number of aliphatic hydroxyl groups excluding tert-OH is 1. The molecule has 1 heterocycles. The van der Waals surface area contributed by atoms with Crippen LogP contribution in [-0.2, 0) is 6.54 Å². The third kappa shape index (κ3) is 3.67. The van der Waals surface area contributed by atoms with Crippen LogP contribution in [0.4, 0.5) is 0 Å². The zero-order valence-corrected chi connectivity index (χ0v) is 11.2. The number of carbonyl (C=O) groups is 1. The molecule has 0 spiro atoms. The first-order chi connectivity index (χ1) is 10.1. The van der Waals surface area contributed by atoms with Crippen molar-refractivity contribution in [2.75, 3.05) is 13.2 Å². The van der Waals surface area contributed by atoms with E-state index in [0.717, 1.165) is 11.8 Å². The van der Waals surface area contributed by atoms with E-state index in [4.69, 9.17) is 5.11 Å². The molecule has 2 aromatic rings. The smallest absolute Gasteiger partial charge is 0.325 e. The van der Waals surface area contributed by atoms with Crippen LogP contribution in [-0.4, -0.2) is 39.0 Å². The molecule has 1 aromatic carbocycles. The molecule has 0 saturated heterocycles. The number of H-pyrrole nitrogens is 2. The van der Waals surface area contributed by atoms with Gasteiger partial charge in [0.15, 0.2) is 0 Å². The van der Waals surface area contributed by atoms with Gasteiger partial charge in [0.25, 0.3) is 11.5 Å². The fraction of sp³-hybridized carbons (Fsp3) is 0.214. The van der Waals surface area contributed by atoms with Crippen LogP contribution in [0.15, 0.2) is 46.1 Å². The Balaban J connectivity index is 2.27. The summed E-state index contributed by atoms with van der Waals surface area (Å²) >= 11 is 0. The fourth-order valence-corrected chi connectivity index (χ4v) is 1.92. The minimum absolute atomic E-state index is 0.0896. The van der Waals surface area contributed by atoms with Gasteiger partial charge >= 0.3 is 5.69 Å². The van der Waals surface area contributed by atoms with Crippen molar-refractivity contribution >= 4 is 5.91 Å². The second-order valence-corrected chi connectivity index (χ2v) is 4.42. The maximum Gasteiger partial charge on any atom is 0.325 e. The van der Waals surface area contributed by atoms with Gasteiger partial charge in [0.2, 0.25) is 0 Å². The Kier molecular flexibility index (Phi) is 4.68. The van der Waals surface area contributed by atoms with Gasteiger partial charge in [0, 0.05) is 19.3 Å². The third-order valence-electron chi connectivity index (χ3n) is 2.92. The first kappa shape index (κ1) is 14.7. The molecule has 1 amide bonds. The maximum atomic E-state index is 12.3. The molecular formula is C14H15N3O4. The van der Waals surface area contributed by atoms with Crippen LogP contribution < -0.4 is 11.2 Å². The molecule has 3 N–H and O–H groups in total. The highest BCUT2D eigenvalue weighted by molar-refractivity contribution is 5.93. The topological polar surface area (TPSA) is 106 Å². The minimum Gasteiger partial charge on any atom is -0.395 e. The Hall–Kier alpha value is -2.67. The normalized spacial score (nSPS) is 10.3. The first-order valence-electron chi connectivity index (χ1n) is 6.38. The predicted octanol–water partition coefficient (Wildman–Crippen LogP) is -0.302. The number of nitrogens with zero attached hydrogens (tertiary/aromatic N) is 1. The second kappa shape index (κ2) is 6.67. The summed E-state index contributed by atoms with van der Waals surface area (Å²) in [6, 6.07) is 9.21. The number of hydrogen-bond acceptors (Lipinski definition) is 4. The van der Waals surface area contributed by atoms with Crippen molar-refractivity contribution in [2.45, 2.75) is 6.54 Å². The number of carbonyl (C=O) groups excluding carboxylic acids is 1. The summed E-state index contributed by atoms with van der Waals surface area (Å²) in [5.74, 6) is -0.551. The SMILES string of the molecule is O=C(c1c[nH]c(=O)[nH]c1=O)N(CCO)Cc1ccccc1. The number of nitrogens with one attached hydrogen (secondary N) is 2. The van der Waals surface area contributed by atoms with Crippen molar-refractivity contribution in [2.24, 2.45) is 0 Å². The number of aromatic nitrogens is 2. The number of amides is 1. The summed E-state index contributed by atoms with van der Waals surface area (Å²) in [7, 11) is 0. The molecule has 0 aliphatic heterocycles. The van der Waals surface area contributed by atoms with Gasteiger partial charge in [-0.05, 0) is 5.56 Å². The monoisotopic (exact) mass is 289 g/mol. The van der Waals surface area contributed by atoms with Crippen molar-refractivity contribution < 1.29 is 9.90 Å². The lowest BCUT2D eigenvalue weighted by Gasteiger charge is -2.21. The number of rotatable bonds is 5. The van der Waals surface area contributed by atoms with Crippen molar-refractivity contribution in [1.82, 2.24) is 14.9 Å². The van der Waals surface area contributed by atoms with Crippen LogP contribution in [0.1, 0.15) is 15.9 Å². The summed E-state index contributed by atoms with van der Waals surface area (Å²) in [6.07, 6.45) is 1.08. The lowest BCUT2D eigenvalue weighted by molar-refractivity contribution is 0.0705. The van der Waals surface area contributed by atoms with Crippen LogP contribution in [0, 0.1) is 0 Å². The van der Waals surface area contributed by atoms with Crippen molar-refractivity contribution in [3.05, 3.63) is 68.5 Å². The molecule has 7 nitrogen and oxygen atoms in total. The van der Waals surface area contributed by atoms with Crippen LogP contribution >= 0.6 is 0 Å². The van der Waals surface area contributed by atoms with Gasteiger partial charge in [-0.3, -0.25) is 14.6 Å². The summed E-state index contributed by atoms with van der Waals surface area (Å²) in [6.45, 7) is 0.130. The Morgan fingerprint density at radius 1 is 1.19 bits per heavy atom. The van der Waals surface area contributed by atoms with E-state index >= 15 is 0 Å². The van der Waals surface area contributed by atoms with Crippen molar-refractivity contribution in [3.8, 4) is 0 Å². The zero-order valence-electron chi connectivity index (χ0n) is 11.2. The largest absolute Gasteiger partial charge is 0.395 e. The summed E-state index contributed by atoms with van der Waals surface area (Å²) in [4.78, 5) is 40.6. The molecule has 7 heteroatoms. The molecule has 110 valence electrons. The minimum atomic E-state index is -0.750. The van der Waals surface area contributed by atoms with E-state index in [9.17, 15) is 14.4 Å². The highest BCUT2D eigenvalue weighted by Crippen LogP contribution is 2.07. The molecule has 0 atom stereocenters. The fourth-order valence-electron chi connectivity index (χ4n) is 1.92. The van der Waals surface area contributed by atoms with E-state index in [1.807, 2.05) is 35.3 Å². The van der Waals surface area contributed by atoms with Crippen molar-refractivity contribution in [3.63, 3.8) is 0 Å². The zero-order chi connectivity index (χ0) is 15.2. The van der Waals surface area contributed by atoms with E-state index in [2.05, 4.69) is 4.98 Å². The highest BCUT2D eigenvalue weighted by Gasteiger charge is 2.19. The quantitative estimate of drug-likeness (QED) is 0.702. The number of hydrogen-bond donors (Lipinski definition) is 3. The summed E-state index contributed by atoms with van der Waals surface area (Å²) in [5.41, 5.74) is -0.716. The van der Waals surface area contributed by atoms with Crippen LogP contribution in [0.3, 0.4) is 0 Å². The van der Waals surface area contributed by atoms with Gasteiger partial charge in [-0.25, -0.2) is 4.79 Å². The average Bonchev–Trinajstić information content (AvgIpc) is 2.47. The van der Waals surface area contributed by atoms with Gasteiger partial charge in [0.1, 0.15) is 5.56 Å². The van der Waals surface area contributed by atoms with E-state index < -0.39 is 17.2 Å². The number of benzene rings is 1. The summed E-state index contributed by atoms with van der Waals surface area (Å²) < 4.78 is 0. The van der Waals surface area contributed by atoms with E-state index in [1.165, 1.54) is 4.90 Å². The molecule has 0 radical (unpaired) electrons. The van der Waals surface area contributed by atoms with Gasteiger partial charge in [0.05, 0.1) is 6.61 Å². The number of aliphatic hydroxyl groups is 1. The molecule has 0 fully saturated rings. The second-order valence-electron chi connectivity index (χ2n) is 4.42. The Morgan fingerprint density at radius 2 is 1.90 bits per heavy atom. The van der Waals surface area contributed by atoms with E-state index in [0.29, 0.717) is 0 Å². The molecule has 0 saturated carbocycles. The van der Waals surface area contributed by atoms with Crippen LogP contribution in [0.2, 0.25) is 0 Å². The lowest BCUT2D eigenvalue weighted by Crippen LogP contribution is -2.38. The maximum absolute atomic E-state index is 12.3. The lowest BCUT2D eigenvalue weighted by atomic mass is 10.2. The van der Waals surface area contributed by atoms with E-state index in [1.54, 1.807) is 0 Å². The van der Waals surface area contributed by atoms with Crippen LogP contribution in [0.5, 0.6) is 0 Å². The molecule has 0 unspecified atom stereocenters. The Bertz CT molecular complexity index is 721. The average molecular weight is 289 g/mol. The first-order valence-corrected chi connectivity index (χ1v) is 6.38. The molecule has 0 aliphatic rings. The molecule has 0 aliphatic carbocycles. The number of aromatic amines is 2. The highest BCUT2D eigenvalue weighted by atomic mass is 16.3. The molecule has 21 heavy (non-hydrogen) atoms. The third-order valence-corrected chi connectivity index (χ3v) is 2.92.